The van der Waals surface area contributed by atoms with Crippen LogP contribution in [-0.4, -0.2) is 23.0 Å². The molecule has 0 bridgehead atoms. The molecule has 0 aliphatic rings. The van der Waals surface area contributed by atoms with Crippen molar-refractivity contribution in [2.75, 3.05) is 7.05 Å². The molecule has 0 atom stereocenters. The molecule has 84 valence electrons. The van der Waals surface area contributed by atoms with E-state index in [0.717, 1.165) is 4.88 Å². The van der Waals surface area contributed by atoms with Crippen molar-refractivity contribution >= 4 is 17.2 Å². The van der Waals surface area contributed by atoms with E-state index in [2.05, 4.69) is 5.16 Å². The summed E-state index contributed by atoms with van der Waals surface area (Å²) in [6.07, 6.45) is 0. The maximum atomic E-state index is 11.9. The van der Waals surface area contributed by atoms with Crippen molar-refractivity contribution in [1.29, 1.82) is 0 Å². The quantitative estimate of drug-likeness (QED) is 0.821. The summed E-state index contributed by atoms with van der Waals surface area (Å²) in [6, 6.07) is 5.62. The van der Waals surface area contributed by atoms with Crippen LogP contribution in [0, 0.1) is 6.92 Å². The van der Waals surface area contributed by atoms with Gasteiger partial charge in [0.25, 0.3) is 5.91 Å². The van der Waals surface area contributed by atoms with Gasteiger partial charge in [-0.1, -0.05) is 11.2 Å². The standard InChI is InChI=1S/C11H12N2O2S/c1-8-6-10(12-15-8)11(14)13(2)7-9-4-3-5-16-9/h3-6H,7H2,1-2H3. The van der Waals surface area contributed by atoms with Gasteiger partial charge in [0.05, 0.1) is 6.54 Å². The Kier molecular flexibility index (Phi) is 3.05. The number of hydrogen-bond acceptors (Lipinski definition) is 4. The minimum absolute atomic E-state index is 0.120. The number of thiophene rings is 1. The van der Waals surface area contributed by atoms with Gasteiger partial charge in [0.1, 0.15) is 5.76 Å². The number of aromatic nitrogens is 1. The Bertz CT molecular complexity index is 476. The molecular weight excluding hydrogens is 224 g/mol. The minimum atomic E-state index is -0.120. The Morgan fingerprint density at radius 2 is 2.44 bits per heavy atom. The van der Waals surface area contributed by atoms with Crippen LogP contribution in [0.3, 0.4) is 0 Å². The maximum absolute atomic E-state index is 11.9. The SMILES string of the molecule is Cc1cc(C(=O)N(C)Cc2cccs2)no1. The highest BCUT2D eigenvalue weighted by Gasteiger charge is 2.16. The molecule has 2 aromatic heterocycles. The number of hydrogen-bond donors (Lipinski definition) is 0. The van der Waals surface area contributed by atoms with Crippen LogP contribution >= 0.6 is 11.3 Å². The van der Waals surface area contributed by atoms with Crippen LogP contribution in [0.25, 0.3) is 0 Å². The van der Waals surface area contributed by atoms with E-state index in [1.165, 1.54) is 0 Å². The average molecular weight is 236 g/mol. The van der Waals surface area contributed by atoms with Crippen molar-refractivity contribution < 1.29 is 9.32 Å². The number of aryl methyl sites for hydroxylation is 1. The van der Waals surface area contributed by atoms with Gasteiger partial charge in [-0.3, -0.25) is 4.79 Å². The van der Waals surface area contributed by atoms with E-state index in [4.69, 9.17) is 4.52 Å². The zero-order chi connectivity index (χ0) is 11.5. The molecule has 0 aliphatic carbocycles. The lowest BCUT2D eigenvalue weighted by Crippen LogP contribution is -2.26. The summed E-state index contributed by atoms with van der Waals surface area (Å²) >= 11 is 1.63. The van der Waals surface area contributed by atoms with E-state index in [1.807, 2.05) is 17.5 Å². The fourth-order valence-electron chi connectivity index (χ4n) is 1.37. The Hall–Kier alpha value is -1.62. The van der Waals surface area contributed by atoms with Crippen LogP contribution < -0.4 is 0 Å². The molecular formula is C11H12N2O2S. The van der Waals surface area contributed by atoms with Crippen LogP contribution in [0.1, 0.15) is 21.1 Å². The first kappa shape index (κ1) is 10.9. The fourth-order valence-corrected chi connectivity index (χ4v) is 2.13. The van der Waals surface area contributed by atoms with Crippen LogP contribution in [0.15, 0.2) is 28.1 Å². The maximum Gasteiger partial charge on any atom is 0.276 e. The normalized spacial score (nSPS) is 10.4. The molecule has 16 heavy (non-hydrogen) atoms. The Morgan fingerprint density at radius 1 is 1.62 bits per heavy atom. The number of nitrogens with zero attached hydrogens (tertiary/aromatic N) is 2. The van der Waals surface area contributed by atoms with Gasteiger partial charge in [0, 0.05) is 18.0 Å². The van der Waals surface area contributed by atoms with E-state index in [-0.39, 0.29) is 5.91 Å². The van der Waals surface area contributed by atoms with Crippen LogP contribution in [0.2, 0.25) is 0 Å². The van der Waals surface area contributed by atoms with Gasteiger partial charge >= 0.3 is 0 Å². The van der Waals surface area contributed by atoms with Crippen molar-refractivity contribution in [3.8, 4) is 0 Å². The molecule has 5 heteroatoms. The largest absolute Gasteiger partial charge is 0.361 e. The van der Waals surface area contributed by atoms with Crippen molar-refractivity contribution in [2.24, 2.45) is 0 Å². The van der Waals surface area contributed by atoms with Gasteiger partial charge < -0.3 is 9.42 Å². The van der Waals surface area contributed by atoms with Crippen molar-refractivity contribution in [1.82, 2.24) is 10.1 Å². The second-order valence-corrected chi connectivity index (χ2v) is 4.60. The van der Waals surface area contributed by atoms with Gasteiger partial charge in [0.2, 0.25) is 0 Å². The van der Waals surface area contributed by atoms with Gasteiger partial charge in [0.15, 0.2) is 5.69 Å². The third-order valence-corrected chi connectivity index (χ3v) is 3.03. The van der Waals surface area contributed by atoms with Gasteiger partial charge in [-0.05, 0) is 18.4 Å². The van der Waals surface area contributed by atoms with E-state index in [1.54, 1.807) is 36.3 Å². The predicted molar refractivity (Wildman–Crippen MR) is 61.4 cm³/mol. The fraction of sp³-hybridized carbons (Fsp3) is 0.273. The first-order valence-electron chi connectivity index (χ1n) is 4.88. The van der Waals surface area contributed by atoms with Gasteiger partial charge in [-0.25, -0.2) is 0 Å². The lowest BCUT2D eigenvalue weighted by atomic mass is 10.3. The summed E-state index contributed by atoms with van der Waals surface area (Å²) in [5, 5.41) is 5.70. The predicted octanol–water partition coefficient (Wildman–Crippen LogP) is 2.32. The summed E-state index contributed by atoms with van der Waals surface area (Å²) in [5.41, 5.74) is 0.358. The molecule has 2 rings (SSSR count). The molecule has 4 nitrogen and oxygen atoms in total. The van der Waals surface area contributed by atoms with Gasteiger partial charge in [-0.15, -0.1) is 11.3 Å². The third-order valence-electron chi connectivity index (χ3n) is 2.17. The first-order valence-corrected chi connectivity index (χ1v) is 5.76. The molecule has 1 amide bonds. The monoisotopic (exact) mass is 236 g/mol. The molecule has 0 fully saturated rings. The molecule has 0 N–H and O–H groups in total. The summed E-state index contributed by atoms with van der Waals surface area (Å²) in [7, 11) is 1.76. The summed E-state index contributed by atoms with van der Waals surface area (Å²) < 4.78 is 4.88. The number of rotatable bonds is 3. The zero-order valence-electron chi connectivity index (χ0n) is 9.14. The van der Waals surface area contributed by atoms with Crippen molar-refractivity contribution in [3.63, 3.8) is 0 Å². The van der Waals surface area contributed by atoms with Crippen LogP contribution in [0.4, 0.5) is 0 Å². The van der Waals surface area contributed by atoms with E-state index < -0.39 is 0 Å². The number of carbonyl (C=O) groups is 1. The van der Waals surface area contributed by atoms with E-state index >= 15 is 0 Å². The molecule has 2 aromatic rings. The lowest BCUT2D eigenvalue weighted by Gasteiger charge is -2.13. The molecule has 0 saturated carbocycles. The number of amides is 1. The topological polar surface area (TPSA) is 46.3 Å². The van der Waals surface area contributed by atoms with E-state index in [9.17, 15) is 4.79 Å². The molecule has 0 radical (unpaired) electrons. The first-order chi connectivity index (χ1) is 7.66. The lowest BCUT2D eigenvalue weighted by molar-refractivity contribution is 0.0776. The molecule has 0 unspecified atom stereocenters. The second kappa shape index (κ2) is 4.49. The number of carbonyl (C=O) groups excluding carboxylic acids is 1. The minimum Gasteiger partial charge on any atom is -0.361 e. The molecule has 0 aromatic carbocycles. The van der Waals surface area contributed by atoms with Crippen molar-refractivity contribution in [3.05, 3.63) is 39.9 Å². The highest BCUT2D eigenvalue weighted by molar-refractivity contribution is 7.09. The summed E-state index contributed by atoms with van der Waals surface area (Å²) in [5.74, 6) is 0.526. The van der Waals surface area contributed by atoms with Gasteiger partial charge in [-0.2, -0.15) is 0 Å². The Labute approximate surface area is 97.5 Å². The highest BCUT2D eigenvalue weighted by Crippen LogP contribution is 2.13. The van der Waals surface area contributed by atoms with E-state index in [0.29, 0.717) is 18.0 Å². The Balaban J connectivity index is 2.05. The molecule has 0 saturated heterocycles. The van der Waals surface area contributed by atoms with Crippen LogP contribution in [-0.2, 0) is 6.54 Å². The average Bonchev–Trinajstić information content (AvgIpc) is 2.88. The molecule has 0 aliphatic heterocycles. The highest BCUT2D eigenvalue weighted by atomic mass is 32.1. The summed E-state index contributed by atoms with van der Waals surface area (Å²) in [6.45, 7) is 2.37. The zero-order valence-corrected chi connectivity index (χ0v) is 9.95. The summed E-state index contributed by atoms with van der Waals surface area (Å²) in [4.78, 5) is 14.7. The van der Waals surface area contributed by atoms with Crippen molar-refractivity contribution in [2.45, 2.75) is 13.5 Å². The third kappa shape index (κ3) is 2.30. The van der Waals surface area contributed by atoms with Crippen LogP contribution in [0.5, 0.6) is 0 Å². The second-order valence-electron chi connectivity index (χ2n) is 3.56. The molecule has 0 spiro atoms. The molecule has 2 heterocycles. The Morgan fingerprint density at radius 3 is 3.00 bits per heavy atom. The smallest absolute Gasteiger partial charge is 0.276 e.